The van der Waals surface area contributed by atoms with Crippen molar-refractivity contribution in [2.75, 3.05) is 29.5 Å². The number of benzene rings is 1. The van der Waals surface area contributed by atoms with E-state index in [0.717, 1.165) is 37.2 Å². The fraction of sp³-hybridized carbons (Fsp3) is 0.647. The predicted molar refractivity (Wildman–Crippen MR) is 93.3 cm³/mol. The summed E-state index contributed by atoms with van der Waals surface area (Å²) < 4.78 is 36.7. The van der Waals surface area contributed by atoms with E-state index in [1.807, 2.05) is 19.9 Å². The van der Waals surface area contributed by atoms with Crippen LogP contribution in [0.2, 0.25) is 0 Å². The Morgan fingerprint density at radius 2 is 2.17 bits per heavy atom. The van der Waals surface area contributed by atoms with Gasteiger partial charge in [0.25, 0.3) is 0 Å². The third-order valence-electron chi connectivity index (χ3n) is 4.38. The molecule has 2 rings (SSSR count). The molecule has 6 heteroatoms. The van der Waals surface area contributed by atoms with Crippen LogP contribution in [0.25, 0.3) is 0 Å². The second kappa shape index (κ2) is 7.62. The summed E-state index contributed by atoms with van der Waals surface area (Å²) in [6.07, 6.45) is 2.08. The van der Waals surface area contributed by atoms with Gasteiger partial charge in [0, 0.05) is 36.6 Å². The molecule has 0 radical (unpaired) electrons. The van der Waals surface area contributed by atoms with Gasteiger partial charge in [0.1, 0.15) is 5.82 Å². The first-order valence-electron chi connectivity index (χ1n) is 8.28. The SMILES string of the molecule is CCS(=O)(=O)CC(C)NC1CCCN(c2ccc(F)cc2C)C1. The average molecular weight is 342 g/mol. The van der Waals surface area contributed by atoms with Crippen molar-refractivity contribution in [3.63, 3.8) is 0 Å². The predicted octanol–water partition coefficient (Wildman–Crippen LogP) is 2.52. The molecule has 0 bridgehead atoms. The van der Waals surface area contributed by atoms with Crippen molar-refractivity contribution < 1.29 is 12.8 Å². The van der Waals surface area contributed by atoms with E-state index in [4.69, 9.17) is 0 Å². The molecule has 0 spiro atoms. The van der Waals surface area contributed by atoms with E-state index in [1.54, 1.807) is 13.0 Å². The molecule has 0 amide bonds. The number of rotatable bonds is 6. The molecule has 2 atom stereocenters. The van der Waals surface area contributed by atoms with Gasteiger partial charge < -0.3 is 10.2 Å². The highest BCUT2D eigenvalue weighted by atomic mass is 32.2. The summed E-state index contributed by atoms with van der Waals surface area (Å²) in [6, 6.07) is 5.09. The van der Waals surface area contributed by atoms with E-state index < -0.39 is 9.84 Å². The van der Waals surface area contributed by atoms with Gasteiger partial charge in [-0.15, -0.1) is 0 Å². The first-order chi connectivity index (χ1) is 10.8. The van der Waals surface area contributed by atoms with E-state index in [2.05, 4.69) is 10.2 Å². The van der Waals surface area contributed by atoms with Crippen molar-refractivity contribution in [3.8, 4) is 0 Å². The molecule has 1 aliphatic heterocycles. The summed E-state index contributed by atoms with van der Waals surface area (Å²) in [4.78, 5) is 2.26. The monoisotopic (exact) mass is 342 g/mol. The van der Waals surface area contributed by atoms with Gasteiger partial charge in [-0.1, -0.05) is 6.92 Å². The van der Waals surface area contributed by atoms with Crippen molar-refractivity contribution in [2.24, 2.45) is 0 Å². The number of nitrogens with zero attached hydrogens (tertiary/aromatic N) is 1. The van der Waals surface area contributed by atoms with Crippen LogP contribution in [0.15, 0.2) is 18.2 Å². The van der Waals surface area contributed by atoms with Crippen LogP contribution >= 0.6 is 0 Å². The van der Waals surface area contributed by atoms with E-state index >= 15 is 0 Å². The normalized spacial score (nSPS) is 20.5. The highest BCUT2D eigenvalue weighted by Crippen LogP contribution is 2.24. The summed E-state index contributed by atoms with van der Waals surface area (Å²) in [7, 11) is -2.96. The number of sulfone groups is 1. The molecule has 1 aliphatic rings. The number of aryl methyl sites for hydroxylation is 1. The highest BCUT2D eigenvalue weighted by Gasteiger charge is 2.23. The van der Waals surface area contributed by atoms with E-state index in [1.165, 1.54) is 6.07 Å². The van der Waals surface area contributed by atoms with Crippen LogP contribution in [0.5, 0.6) is 0 Å². The molecule has 1 heterocycles. The van der Waals surface area contributed by atoms with Crippen LogP contribution in [-0.2, 0) is 9.84 Å². The number of hydrogen-bond acceptors (Lipinski definition) is 4. The molecule has 23 heavy (non-hydrogen) atoms. The van der Waals surface area contributed by atoms with Gasteiger partial charge in [-0.3, -0.25) is 0 Å². The average Bonchev–Trinajstić information content (AvgIpc) is 2.46. The summed E-state index contributed by atoms with van der Waals surface area (Å²) >= 11 is 0. The topological polar surface area (TPSA) is 49.4 Å². The summed E-state index contributed by atoms with van der Waals surface area (Å²) in [5.74, 6) is 0.150. The van der Waals surface area contributed by atoms with E-state index in [9.17, 15) is 12.8 Å². The Hall–Kier alpha value is -1.14. The minimum absolute atomic E-state index is 0.0563. The minimum Gasteiger partial charge on any atom is -0.370 e. The Morgan fingerprint density at radius 3 is 2.83 bits per heavy atom. The molecular weight excluding hydrogens is 315 g/mol. The Kier molecular flexibility index (Phi) is 6.03. The lowest BCUT2D eigenvalue weighted by Gasteiger charge is -2.37. The van der Waals surface area contributed by atoms with Crippen LogP contribution in [0.1, 0.15) is 32.3 Å². The quantitative estimate of drug-likeness (QED) is 0.863. The molecule has 0 aliphatic carbocycles. The number of anilines is 1. The molecule has 0 aromatic heterocycles. The number of hydrogen-bond donors (Lipinski definition) is 1. The standard InChI is InChI=1S/C17H27FN2O2S/c1-4-23(21,22)12-14(3)19-16-6-5-9-20(11-16)17-8-7-15(18)10-13(17)2/h7-8,10,14,16,19H,4-6,9,11-12H2,1-3H3. The van der Waals surface area contributed by atoms with Crippen molar-refractivity contribution >= 4 is 15.5 Å². The van der Waals surface area contributed by atoms with Gasteiger partial charge in [0.2, 0.25) is 0 Å². The Morgan fingerprint density at radius 1 is 1.43 bits per heavy atom. The molecule has 4 nitrogen and oxygen atoms in total. The second-order valence-electron chi connectivity index (χ2n) is 6.48. The molecule has 1 aromatic rings. The molecule has 2 unspecified atom stereocenters. The van der Waals surface area contributed by atoms with E-state index in [0.29, 0.717) is 0 Å². The van der Waals surface area contributed by atoms with Gasteiger partial charge in [-0.25, -0.2) is 12.8 Å². The summed E-state index contributed by atoms with van der Waals surface area (Å²) in [5, 5.41) is 3.44. The Labute approximate surface area is 139 Å². The number of piperidine rings is 1. The third kappa shape index (κ3) is 5.18. The Bertz CT molecular complexity index is 633. The van der Waals surface area contributed by atoms with Gasteiger partial charge in [0.15, 0.2) is 9.84 Å². The summed E-state index contributed by atoms with van der Waals surface area (Å²) in [6.45, 7) is 7.30. The second-order valence-corrected chi connectivity index (χ2v) is 8.88. The largest absolute Gasteiger partial charge is 0.370 e. The van der Waals surface area contributed by atoms with Crippen molar-refractivity contribution in [1.82, 2.24) is 5.32 Å². The van der Waals surface area contributed by atoms with Gasteiger partial charge in [0.05, 0.1) is 5.75 Å². The lowest BCUT2D eigenvalue weighted by Crippen LogP contribution is -2.50. The number of nitrogens with one attached hydrogen (secondary N) is 1. The maximum Gasteiger partial charge on any atom is 0.151 e. The van der Waals surface area contributed by atoms with Gasteiger partial charge >= 0.3 is 0 Å². The zero-order chi connectivity index (χ0) is 17.0. The van der Waals surface area contributed by atoms with Crippen LogP contribution in [0.3, 0.4) is 0 Å². The molecule has 0 saturated carbocycles. The fourth-order valence-corrected chi connectivity index (χ4v) is 4.35. The van der Waals surface area contributed by atoms with Crippen LogP contribution in [0.4, 0.5) is 10.1 Å². The van der Waals surface area contributed by atoms with Gasteiger partial charge in [-0.2, -0.15) is 0 Å². The molecule has 1 aromatic carbocycles. The van der Waals surface area contributed by atoms with Crippen LogP contribution < -0.4 is 10.2 Å². The molecule has 130 valence electrons. The summed E-state index contributed by atoms with van der Waals surface area (Å²) in [5.41, 5.74) is 2.00. The first kappa shape index (κ1) is 18.2. The Balaban J connectivity index is 1.98. The van der Waals surface area contributed by atoms with E-state index in [-0.39, 0.29) is 29.4 Å². The van der Waals surface area contributed by atoms with Crippen LogP contribution in [0, 0.1) is 12.7 Å². The van der Waals surface area contributed by atoms with Gasteiger partial charge in [-0.05, 0) is 50.5 Å². The zero-order valence-corrected chi connectivity index (χ0v) is 15.0. The maximum atomic E-state index is 13.3. The molecular formula is C17H27FN2O2S. The fourth-order valence-electron chi connectivity index (χ4n) is 3.25. The molecule has 1 saturated heterocycles. The lowest BCUT2D eigenvalue weighted by atomic mass is 10.0. The molecule has 1 fully saturated rings. The first-order valence-corrected chi connectivity index (χ1v) is 10.1. The van der Waals surface area contributed by atoms with Crippen molar-refractivity contribution in [2.45, 2.75) is 45.7 Å². The smallest absolute Gasteiger partial charge is 0.151 e. The number of halogens is 1. The maximum absolute atomic E-state index is 13.3. The minimum atomic E-state index is -2.96. The molecule has 1 N–H and O–H groups in total. The lowest BCUT2D eigenvalue weighted by molar-refractivity contribution is 0.394. The van der Waals surface area contributed by atoms with Crippen molar-refractivity contribution in [3.05, 3.63) is 29.6 Å². The highest BCUT2D eigenvalue weighted by molar-refractivity contribution is 7.91. The third-order valence-corrected chi connectivity index (χ3v) is 6.27. The van der Waals surface area contributed by atoms with Crippen molar-refractivity contribution in [1.29, 1.82) is 0 Å². The zero-order valence-electron chi connectivity index (χ0n) is 14.2. The van der Waals surface area contributed by atoms with Crippen LogP contribution in [-0.4, -0.2) is 45.1 Å².